The number of piperidine rings is 1. The Morgan fingerprint density at radius 3 is 2.37 bits per heavy atom. The van der Waals surface area contributed by atoms with Gasteiger partial charge in [-0.2, -0.15) is 0 Å². The Kier molecular flexibility index (Phi) is 4.81. The molecule has 0 unspecified atom stereocenters. The van der Waals surface area contributed by atoms with Crippen LogP contribution < -0.4 is 5.73 Å². The molecule has 2 atom stereocenters. The number of hydrogen-bond donors (Lipinski definition) is 1. The normalized spacial score (nSPS) is 23.8. The van der Waals surface area contributed by atoms with Crippen molar-refractivity contribution in [1.82, 2.24) is 4.90 Å². The first-order valence-corrected chi connectivity index (χ1v) is 10.6. The third-order valence-corrected chi connectivity index (χ3v) is 7.20. The van der Waals surface area contributed by atoms with Crippen LogP contribution in [0.4, 0.5) is 0 Å². The summed E-state index contributed by atoms with van der Waals surface area (Å²) in [6.45, 7) is 3.40. The first-order chi connectivity index (χ1) is 13.0. The lowest BCUT2D eigenvalue weighted by Gasteiger charge is -2.40. The molecule has 1 saturated heterocycles. The Morgan fingerprint density at radius 1 is 1.19 bits per heavy atom. The molecule has 0 bridgehead atoms. The molecule has 2 N–H and O–H groups in total. The van der Waals surface area contributed by atoms with Gasteiger partial charge in [-0.15, -0.1) is 11.3 Å². The average molecular weight is 383 g/mol. The molecule has 27 heavy (non-hydrogen) atoms. The van der Waals surface area contributed by atoms with E-state index in [0.717, 1.165) is 12.0 Å². The fraction of sp³-hybridized carbons (Fsp3) is 0.455. The summed E-state index contributed by atoms with van der Waals surface area (Å²) in [5, 5.41) is 2.07. The number of amides is 2. The molecule has 0 spiro atoms. The lowest BCUT2D eigenvalue weighted by atomic mass is 9.73. The van der Waals surface area contributed by atoms with Crippen LogP contribution in [-0.4, -0.2) is 29.8 Å². The van der Waals surface area contributed by atoms with Crippen LogP contribution in [0.25, 0.3) is 10.4 Å². The van der Waals surface area contributed by atoms with Crippen molar-refractivity contribution >= 4 is 23.2 Å². The molecule has 2 amide bonds. The van der Waals surface area contributed by atoms with E-state index in [1.165, 1.54) is 10.4 Å². The first kappa shape index (κ1) is 18.2. The van der Waals surface area contributed by atoms with Crippen LogP contribution >= 0.6 is 11.3 Å². The lowest BCUT2D eigenvalue weighted by Crippen LogP contribution is -2.50. The van der Waals surface area contributed by atoms with Gasteiger partial charge in [-0.05, 0) is 54.2 Å². The zero-order chi connectivity index (χ0) is 19.0. The SMILES string of the molecule is C[C@H]1C[C@@H]1C(=O)N1CCC(Cc2ccc(-c3cccs3)cc2)(C(N)=O)CC1. The van der Waals surface area contributed by atoms with Gasteiger partial charge in [-0.25, -0.2) is 0 Å². The number of nitrogens with zero attached hydrogens (tertiary/aromatic N) is 1. The highest BCUT2D eigenvalue weighted by Crippen LogP contribution is 2.41. The van der Waals surface area contributed by atoms with Crippen molar-refractivity contribution in [2.45, 2.75) is 32.6 Å². The molecule has 2 heterocycles. The summed E-state index contributed by atoms with van der Waals surface area (Å²) in [7, 11) is 0. The number of thiophene rings is 1. The van der Waals surface area contributed by atoms with Gasteiger partial charge in [0.15, 0.2) is 0 Å². The van der Waals surface area contributed by atoms with Crippen LogP contribution in [0.5, 0.6) is 0 Å². The summed E-state index contributed by atoms with van der Waals surface area (Å²) in [6.07, 6.45) is 2.96. The van der Waals surface area contributed by atoms with E-state index in [9.17, 15) is 9.59 Å². The van der Waals surface area contributed by atoms with Crippen molar-refractivity contribution < 1.29 is 9.59 Å². The van der Waals surface area contributed by atoms with Crippen LogP contribution in [0, 0.1) is 17.3 Å². The number of carbonyl (C=O) groups excluding carboxylic acids is 2. The van der Waals surface area contributed by atoms with Gasteiger partial charge in [0.1, 0.15) is 0 Å². The predicted molar refractivity (Wildman–Crippen MR) is 108 cm³/mol. The molecule has 5 heteroatoms. The second-order valence-electron chi connectivity index (χ2n) is 8.14. The molecule has 4 nitrogen and oxygen atoms in total. The highest BCUT2D eigenvalue weighted by molar-refractivity contribution is 7.13. The van der Waals surface area contributed by atoms with Crippen molar-refractivity contribution in [2.75, 3.05) is 13.1 Å². The second kappa shape index (κ2) is 7.12. The Hall–Kier alpha value is -2.14. The molecule has 1 aromatic carbocycles. The van der Waals surface area contributed by atoms with Crippen LogP contribution in [0.1, 0.15) is 31.7 Å². The number of hydrogen-bond acceptors (Lipinski definition) is 3. The van der Waals surface area contributed by atoms with E-state index in [1.54, 1.807) is 11.3 Å². The second-order valence-corrected chi connectivity index (χ2v) is 9.09. The maximum Gasteiger partial charge on any atom is 0.225 e. The Balaban J connectivity index is 1.44. The van der Waals surface area contributed by atoms with Crippen molar-refractivity contribution in [3.8, 4) is 10.4 Å². The molecule has 1 aromatic heterocycles. The van der Waals surface area contributed by atoms with Crippen LogP contribution in [0.15, 0.2) is 41.8 Å². The fourth-order valence-corrected chi connectivity index (χ4v) is 4.92. The minimum Gasteiger partial charge on any atom is -0.369 e. The number of nitrogens with two attached hydrogens (primary N) is 1. The van der Waals surface area contributed by atoms with Gasteiger partial charge in [-0.3, -0.25) is 9.59 Å². The molecule has 142 valence electrons. The van der Waals surface area contributed by atoms with E-state index in [4.69, 9.17) is 5.73 Å². The van der Waals surface area contributed by atoms with Crippen molar-refractivity contribution in [3.63, 3.8) is 0 Å². The van der Waals surface area contributed by atoms with Crippen LogP contribution in [0.2, 0.25) is 0 Å². The van der Waals surface area contributed by atoms with Crippen molar-refractivity contribution in [1.29, 1.82) is 0 Å². The van der Waals surface area contributed by atoms with E-state index < -0.39 is 5.41 Å². The highest BCUT2D eigenvalue weighted by Gasteiger charge is 2.45. The van der Waals surface area contributed by atoms with Gasteiger partial charge in [-0.1, -0.05) is 37.3 Å². The van der Waals surface area contributed by atoms with Crippen LogP contribution in [-0.2, 0) is 16.0 Å². The quantitative estimate of drug-likeness (QED) is 0.857. The summed E-state index contributed by atoms with van der Waals surface area (Å²) >= 11 is 1.72. The Bertz CT molecular complexity index is 821. The van der Waals surface area contributed by atoms with Crippen LogP contribution in [0.3, 0.4) is 0 Å². The fourth-order valence-electron chi connectivity index (χ4n) is 4.19. The summed E-state index contributed by atoms with van der Waals surface area (Å²) in [5.74, 6) is 0.746. The van der Waals surface area contributed by atoms with Gasteiger partial charge in [0, 0.05) is 23.9 Å². The molecule has 2 fully saturated rings. The average Bonchev–Trinajstić information content (AvgIpc) is 3.17. The van der Waals surface area contributed by atoms with Gasteiger partial charge < -0.3 is 10.6 Å². The lowest BCUT2D eigenvalue weighted by molar-refractivity contribution is -0.140. The maximum absolute atomic E-state index is 12.5. The minimum atomic E-state index is -0.545. The Morgan fingerprint density at radius 2 is 1.85 bits per heavy atom. The first-order valence-electron chi connectivity index (χ1n) is 9.70. The molecule has 2 aromatic rings. The topological polar surface area (TPSA) is 63.4 Å². The van der Waals surface area contributed by atoms with Gasteiger partial charge >= 0.3 is 0 Å². The van der Waals surface area contributed by atoms with Gasteiger partial charge in [0.2, 0.25) is 11.8 Å². The molecule has 2 aliphatic rings. The molecule has 1 aliphatic heterocycles. The Labute approximate surface area is 164 Å². The van der Waals surface area contributed by atoms with E-state index in [0.29, 0.717) is 38.3 Å². The summed E-state index contributed by atoms with van der Waals surface area (Å²) < 4.78 is 0. The maximum atomic E-state index is 12.5. The van der Waals surface area contributed by atoms with Gasteiger partial charge in [0.25, 0.3) is 0 Å². The van der Waals surface area contributed by atoms with E-state index in [2.05, 4.69) is 42.6 Å². The number of benzene rings is 1. The molecule has 4 rings (SSSR count). The highest BCUT2D eigenvalue weighted by atomic mass is 32.1. The summed E-state index contributed by atoms with van der Waals surface area (Å²) in [6, 6.07) is 12.6. The minimum absolute atomic E-state index is 0.205. The largest absolute Gasteiger partial charge is 0.369 e. The predicted octanol–water partition coefficient (Wildman–Crippen LogP) is 3.71. The molecule has 1 saturated carbocycles. The number of primary amides is 1. The smallest absolute Gasteiger partial charge is 0.225 e. The van der Waals surface area contributed by atoms with E-state index in [-0.39, 0.29) is 17.7 Å². The molecular weight excluding hydrogens is 356 g/mol. The van der Waals surface area contributed by atoms with E-state index >= 15 is 0 Å². The van der Waals surface area contributed by atoms with Crippen molar-refractivity contribution in [2.24, 2.45) is 23.0 Å². The molecular formula is C22H26N2O2S. The molecule has 0 radical (unpaired) electrons. The van der Waals surface area contributed by atoms with Crippen molar-refractivity contribution in [3.05, 3.63) is 47.3 Å². The number of likely N-dealkylation sites (tertiary alicyclic amines) is 1. The monoisotopic (exact) mass is 382 g/mol. The summed E-state index contributed by atoms with van der Waals surface area (Å²) in [4.78, 5) is 28.0. The zero-order valence-electron chi connectivity index (χ0n) is 15.7. The standard InChI is InChI=1S/C22H26N2O2S/c1-15-13-18(15)20(25)24-10-8-22(9-11-24,21(23)26)14-16-4-6-17(7-5-16)19-3-2-12-27-19/h2-7,12,15,18H,8-11,13-14H2,1H3,(H2,23,26)/t15-,18-/m0/s1. The number of carbonyl (C=O) groups is 2. The zero-order valence-corrected chi connectivity index (χ0v) is 16.5. The van der Waals surface area contributed by atoms with Gasteiger partial charge in [0.05, 0.1) is 5.41 Å². The third-order valence-electron chi connectivity index (χ3n) is 6.28. The number of rotatable bonds is 5. The summed E-state index contributed by atoms with van der Waals surface area (Å²) in [5.41, 5.74) is 7.61. The van der Waals surface area contributed by atoms with E-state index in [1.807, 2.05) is 11.0 Å². The third kappa shape index (κ3) is 3.65. The molecule has 1 aliphatic carbocycles.